The number of amides is 1. The zero-order valence-electron chi connectivity index (χ0n) is 12.9. The Labute approximate surface area is 136 Å². The van der Waals surface area contributed by atoms with Gasteiger partial charge in [0, 0.05) is 19.0 Å². The summed E-state index contributed by atoms with van der Waals surface area (Å²) < 4.78 is 37.8. The standard InChI is InChI=1S/C14H18F3N3O4/c1-2-10(8-21)19-13(22)5-6-18-11-4-3-9(14(15,16)17)7-12(11)20(23)24/h3-4,7,10,18,21H,2,5-6,8H2,1H3,(H,19,22). The molecule has 134 valence electrons. The van der Waals surface area contributed by atoms with Crippen LogP contribution in [0.5, 0.6) is 0 Å². The Morgan fingerprint density at radius 1 is 1.42 bits per heavy atom. The molecule has 0 radical (unpaired) electrons. The monoisotopic (exact) mass is 349 g/mol. The average Bonchev–Trinajstić information content (AvgIpc) is 2.51. The van der Waals surface area contributed by atoms with Gasteiger partial charge in [0.15, 0.2) is 0 Å². The Balaban J connectivity index is 2.71. The van der Waals surface area contributed by atoms with Gasteiger partial charge in [-0.05, 0) is 18.6 Å². The predicted molar refractivity (Wildman–Crippen MR) is 80.5 cm³/mol. The molecule has 0 heterocycles. The zero-order valence-corrected chi connectivity index (χ0v) is 12.9. The molecule has 0 aromatic heterocycles. The van der Waals surface area contributed by atoms with Crippen molar-refractivity contribution in [2.24, 2.45) is 0 Å². The molecule has 0 saturated carbocycles. The Morgan fingerprint density at radius 2 is 2.08 bits per heavy atom. The lowest BCUT2D eigenvalue weighted by Crippen LogP contribution is -2.37. The maximum absolute atomic E-state index is 12.6. The van der Waals surface area contributed by atoms with Crippen LogP contribution in [0.2, 0.25) is 0 Å². The number of hydrogen-bond acceptors (Lipinski definition) is 5. The van der Waals surface area contributed by atoms with E-state index in [1.165, 1.54) is 0 Å². The fourth-order valence-corrected chi connectivity index (χ4v) is 1.90. The molecule has 0 aliphatic rings. The summed E-state index contributed by atoms with van der Waals surface area (Å²) >= 11 is 0. The second-order valence-electron chi connectivity index (χ2n) is 5.02. The molecule has 1 rings (SSSR count). The van der Waals surface area contributed by atoms with Gasteiger partial charge in [0.1, 0.15) is 5.69 Å². The third-order valence-electron chi connectivity index (χ3n) is 3.27. The van der Waals surface area contributed by atoms with E-state index in [4.69, 9.17) is 5.11 Å². The molecule has 0 aliphatic heterocycles. The van der Waals surface area contributed by atoms with Gasteiger partial charge in [-0.3, -0.25) is 14.9 Å². The predicted octanol–water partition coefficient (Wildman–Crippen LogP) is 2.30. The number of hydrogen-bond donors (Lipinski definition) is 3. The first-order chi connectivity index (χ1) is 11.2. The maximum atomic E-state index is 12.6. The van der Waals surface area contributed by atoms with Crippen molar-refractivity contribution in [1.29, 1.82) is 0 Å². The number of nitro benzene ring substituents is 1. The summed E-state index contributed by atoms with van der Waals surface area (Å²) in [5.41, 5.74) is -1.94. The van der Waals surface area contributed by atoms with E-state index in [-0.39, 0.29) is 37.2 Å². The van der Waals surface area contributed by atoms with Gasteiger partial charge >= 0.3 is 6.18 Å². The molecule has 3 N–H and O–H groups in total. The van der Waals surface area contributed by atoms with Crippen LogP contribution in [0.4, 0.5) is 24.5 Å². The van der Waals surface area contributed by atoms with E-state index in [2.05, 4.69) is 10.6 Å². The minimum atomic E-state index is -4.68. The number of halogens is 3. The highest BCUT2D eigenvalue weighted by Crippen LogP contribution is 2.34. The van der Waals surface area contributed by atoms with Gasteiger partial charge in [-0.25, -0.2) is 0 Å². The van der Waals surface area contributed by atoms with Gasteiger partial charge in [0.2, 0.25) is 5.91 Å². The summed E-state index contributed by atoms with van der Waals surface area (Å²) in [7, 11) is 0. The summed E-state index contributed by atoms with van der Waals surface area (Å²) in [5, 5.41) is 25.0. The quantitative estimate of drug-likeness (QED) is 0.493. The summed E-state index contributed by atoms with van der Waals surface area (Å²) in [6.07, 6.45) is -4.18. The van der Waals surface area contributed by atoms with Crippen molar-refractivity contribution in [3.8, 4) is 0 Å². The highest BCUT2D eigenvalue weighted by Gasteiger charge is 2.33. The van der Waals surface area contributed by atoms with Crippen molar-refractivity contribution in [3.05, 3.63) is 33.9 Å². The first-order valence-corrected chi connectivity index (χ1v) is 7.18. The van der Waals surface area contributed by atoms with Gasteiger partial charge in [0.25, 0.3) is 5.69 Å². The molecular weight excluding hydrogens is 331 g/mol. The maximum Gasteiger partial charge on any atom is 0.416 e. The number of aliphatic hydroxyl groups is 1. The number of alkyl halides is 3. The van der Waals surface area contributed by atoms with Crippen molar-refractivity contribution < 1.29 is 28.0 Å². The van der Waals surface area contributed by atoms with Crippen LogP contribution < -0.4 is 10.6 Å². The number of nitro groups is 1. The van der Waals surface area contributed by atoms with Crippen LogP contribution in [-0.4, -0.2) is 35.1 Å². The molecule has 1 aromatic rings. The topological polar surface area (TPSA) is 104 Å². The van der Waals surface area contributed by atoms with Crippen LogP contribution in [0.1, 0.15) is 25.3 Å². The lowest BCUT2D eigenvalue weighted by molar-refractivity contribution is -0.384. The number of nitrogens with zero attached hydrogens (tertiary/aromatic N) is 1. The molecule has 0 spiro atoms. The minimum absolute atomic E-state index is 0.0000985. The van der Waals surface area contributed by atoms with Crippen molar-refractivity contribution in [1.82, 2.24) is 5.32 Å². The van der Waals surface area contributed by atoms with Crippen molar-refractivity contribution in [2.75, 3.05) is 18.5 Å². The summed E-state index contributed by atoms with van der Waals surface area (Å²) in [6, 6.07) is 1.76. The van der Waals surface area contributed by atoms with E-state index in [9.17, 15) is 28.1 Å². The Bertz CT molecular complexity index is 589. The lowest BCUT2D eigenvalue weighted by Gasteiger charge is -2.14. The molecule has 0 bridgehead atoms. The van der Waals surface area contributed by atoms with Gasteiger partial charge in [-0.1, -0.05) is 6.92 Å². The zero-order chi connectivity index (χ0) is 18.3. The van der Waals surface area contributed by atoms with E-state index in [0.29, 0.717) is 12.5 Å². The molecule has 1 atom stereocenters. The first kappa shape index (κ1) is 19.7. The van der Waals surface area contributed by atoms with E-state index in [1.807, 2.05) is 0 Å². The fourth-order valence-electron chi connectivity index (χ4n) is 1.90. The van der Waals surface area contributed by atoms with Crippen LogP contribution in [0, 0.1) is 10.1 Å². The van der Waals surface area contributed by atoms with Gasteiger partial charge < -0.3 is 15.7 Å². The fraction of sp³-hybridized carbons (Fsp3) is 0.500. The van der Waals surface area contributed by atoms with Crippen LogP contribution in [0.3, 0.4) is 0 Å². The SMILES string of the molecule is CCC(CO)NC(=O)CCNc1ccc(C(F)(F)F)cc1[N+](=O)[O-]. The first-order valence-electron chi connectivity index (χ1n) is 7.18. The summed E-state index contributed by atoms with van der Waals surface area (Å²) in [6.45, 7) is 1.57. The number of rotatable bonds is 8. The second-order valence-corrected chi connectivity index (χ2v) is 5.02. The number of carbonyl (C=O) groups is 1. The molecule has 1 unspecified atom stereocenters. The van der Waals surface area contributed by atoms with E-state index in [0.717, 1.165) is 12.1 Å². The molecular formula is C14H18F3N3O4. The highest BCUT2D eigenvalue weighted by atomic mass is 19.4. The van der Waals surface area contributed by atoms with Crippen molar-refractivity contribution in [3.63, 3.8) is 0 Å². The third kappa shape index (κ3) is 5.69. The van der Waals surface area contributed by atoms with Crippen LogP contribution in [-0.2, 0) is 11.0 Å². The number of carbonyl (C=O) groups excluding carboxylic acids is 1. The van der Waals surface area contributed by atoms with Crippen LogP contribution >= 0.6 is 0 Å². The number of nitrogens with one attached hydrogen (secondary N) is 2. The Hall–Kier alpha value is -2.36. The molecule has 24 heavy (non-hydrogen) atoms. The number of aliphatic hydroxyl groups excluding tert-OH is 1. The molecule has 1 aromatic carbocycles. The third-order valence-corrected chi connectivity index (χ3v) is 3.27. The van der Waals surface area contributed by atoms with Gasteiger partial charge in [0.05, 0.1) is 23.1 Å². The number of anilines is 1. The lowest BCUT2D eigenvalue weighted by atomic mass is 10.1. The molecule has 7 nitrogen and oxygen atoms in total. The normalized spacial score (nSPS) is 12.5. The Kier molecular flexibility index (Phi) is 6.96. The van der Waals surface area contributed by atoms with Crippen LogP contribution in [0.25, 0.3) is 0 Å². The van der Waals surface area contributed by atoms with E-state index in [1.54, 1.807) is 6.92 Å². The number of benzene rings is 1. The average molecular weight is 349 g/mol. The summed E-state index contributed by atoms with van der Waals surface area (Å²) in [5.74, 6) is -0.377. The minimum Gasteiger partial charge on any atom is -0.394 e. The smallest absolute Gasteiger partial charge is 0.394 e. The largest absolute Gasteiger partial charge is 0.416 e. The summed E-state index contributed by atoms with van der Waals surface area (Å²) in [4.78, 5) is 21.6. The highest BCUT2D eigenvalue weighted by molar-refractivity contribution is 5.77. The molecule has 0 fully saturated rings. The van der Waals surface area contributed by atoms with Gasteiger partial charge in [-0.2, -0.15) is 13.2 Å². The second kappa shape index (κ2) is 8.48. The van der Waals surface area contributed by atoms with E-state index >= 15 is 0 Å². The van der Waals surface area contributed by atoms with Crippen molar-refractivity contribution >= 4 is 17.3 Å². The molecule has 0 aliphatic carbocycles. The van der Waals surface area contributed by atoms with E-state index < -0.39 is 22.4 Å². The van der Waals surface area contributed by atoms with Crippen LogP contribution in [0.15, 0.2) is 18.2 Å². The molecule has 0 saturated heterocycles. The van der Waals surface area contributed by atoms with Crippen molar-refractivity contribution in [2.45, 2.75) is 32.0 Å². The molecule has 1 amide bonds. The van der Waals surface area contributed by atoms with Gasteiger partial charge in [-0.15, -0.1) is 0 Å². The Morgan fingerprint density at radius 3 is 2.58 bits per heavy atom. The molecule has 10 heteroatoms.